The summed E-state index contributed by atoms with van der Waals surface area (Å²) in [7, 11) is 0. The van der Waals surface area contributed by atoms with E-state index in [-0.39, 0.29) is 15.3 Å². The molecule has 0 spiro atoms. The van der Waals surface area contributed by atoms with Gasteiger partial charge in [-0.3, -0.25) is 0 Å². The zero-order valence-electron chi connectivity index (χ0n) is 6.40. The van der Waals surface area contributed by atoms with Gasteiger partial charge in [0.05, 0.1) is 10.7 Å². The molecule has 1 heterocycles. The number of nitrogens with zero attached hydrogens (tertiary/aromatic N) is 1. The number of nitrogen functional groups attached to an aromatic ring is 1. The molecule has 1 aromatic heterocycles. The van der Waals surface area contributed by atoms with Gasteiger partial charge in [0.2, 0.25) is 5.88 Å². The summed E-state index contributed by atoms with van der Waals surface area (Å²) in [4.78, 5) is 3.38. The quantitative estimate of drug-likeness (QED) is 0.809. The first-order valence-corrected chi connectivity index (χ1v) is 4.34. The number of hydrogen-bond acceptors (Lipinski definition) is 3. The van der Waals surface area contributed by atoms with Gasteiger partial charge in [0, 0.05) is 6.07 Å². The zero-order valence-corrected chi connectivity index (χ0v) is 8.74. The molecule has 0 fully saturated rings. The molecule has 0 aliphatic heterocycles. The van der Waals surface area contributed by atoms with Crippen LogP contribution < -0.4 is 10.5 Å². The van der Waals surface area contributed by atoms with Crippen molar-refractivity contribution in [3.63, 3.8) is 0 Å². The summed E-state index contributed by atoms with van der Waals surface area (Å²) in [6, 6.07) is 0.884. The Morgan fingerprint density at radius 2 is 2.07 bits per heavy atom. The molecular weight excluding hydrogens is 288 g/mol. The summed E-state index contributed by atoms with van der Waals surface area (Å²) < 4.78 is 38.8. The van der Waals surface area contributed by atoms with Crippen LogP contribution in [0.1, 0.15) is 0 Å². The van der Waals surface area contributed by atoms with Crippen molar-refractivity contribution >= 4 is 33.2 Å². The molecule has 1 aromatic rings. The van der Waals surface area contributed by atoms with Crippen LogP contribution in [0.15, 0.2) is 10.7 Å². The molecule has 0 aromatic carbocycles. The molecule has 0 unspecified atom stereocenters. The molecular formula is C6H3BrClF3N2O. The first kappa shape index (κ1) is 11.4. The normalized spacial score (nSPS) is 11.5. The molecule has 78 valence electrons. The Labute approximate surface area is 90.1 Å². The summed E-state index contributed by atoms with van der Waals surface area (Å²) in [5.41, 5.74) is 5.39. The maximum atomic E-state index is 11.8. The van der Waals surface area contributed by atoms with E-state index in [1.165, 1.54) is 0 Å². The van der Waals surface area contributed by atoms with Crippen LogP contribution in [0.5, 0.6) is 5.88 Å². The van der Waals surface area contributed by atoms with E-state index in [9.17, 15) is 13.2 Å². The van der Waals surface area contributed by atoms with Gasteiger partial charge >= 0.3 is 6.36 Å². The fraction of sp³-hybridized carbons (Fsp3) is 0.167. The first-order valence-electron chi connectivity index (χ1n) is 3.17. The first-order chi connectivity index (χ1) is 6.29. The average molecular weight is 291 g/mol. The van der Waals surface area contributed by atoms with Crippen LogP contribution in [0.2, 0.25) is 5.02 Å². The van der Waals surface area contributed by atoms with Crippen molar-refractivity contribution in [1.29, 1.82) is 0 Å². The van der Waals surface area contributed by atoms with Crippen LogP contribution in [0.4, 0.5) is 18.9 Å². The fourth-order valence-corrected chi connectivity index (χ4v) is 1.33. The van der Waals surface area contributed by atoms with E-state index in [2.05, 4.69) is 25.7 Å². The number of alkyl halides is 3. The molecule has 0 aliphatic rings. The third-order valence-corrected chi connectivity index (χ3v) is 2.08. The van der Waals surface area contributed by atoms with Crippen LogP contribution in [0.3, 0.4) is 0 Å². The summed E-state index contributed by atoms with van der Waals surface area (Å²) in [6.45, 7) is 0. The second-order valence-corrected chi connectivity index (χ2v) is 3.35. The van der Waals surface area contributed by atoms with E-state index < -0.39 is 12.2 Å². The highest BCUT2D eigenvalue weighted by atomic mass is 79.9. The Balaban J connectivity index is 3.02. The van der Waals surface area contributed by atoms with Gasteiger partial charge in [-0.25, -0.2) is 4.98 Å². The number of rotatable bonds is 1. The third kappa shape index (κ3) is 2.91. The van der Waals surface area contributed by atoms with Gasteiger partial charge in [-0.2, -0.15) is 0 Å². The zero-order chi connectivity index (χ0) is 10.9. The molecule has 0 amide bonds. The van der Waals surface area contributed by atoms with E-state index in [0.717, 1.165) is 6.07 Å². The Bertz CT molecular complexity index is 334. The third-order valence-electron chi connectivity index (χ3n) is 1.16. The van der Waals surface area contributed by atoms with E-state index in [1.54, 1.807) is 0 Å². The largest absolute Gasteiger partial charge is 0.574 e. The van der Waals surface area contributed by atoms with Crippen LogP contribution in [-0.2, 0) is 0 Å². The predicted octanol–water partition coefficient (Wildman–Crippen LogP) is 2.98. The van der Waals surface area contributed by atoms with Gasteiger partial charge in [0.25, 0.3) is 0 Å². The lowest BCUT2D eigenvalue weighted by molar-refractivity contribution is -0.276. The highest BCUT2D eigenvalue weighted by Crippen LogP contribution is 2.31. The highest BCUT2D eigenvalue weighted by molar-refractivity contribution is 9.10. The molecule has 0 radical (unpaired) electrons. The number of aromatic nitrogens is 1. The number of hydrogen-bond donors (Lipinski definition) is 1. The SMILES string of the molecule is Nc1c(Cl)cc(OC(F)(F)F)nc1Br. The average Bonchev–Trinajstić information content (AvgIpc) is 1.96. The molecule has 0 atom stereocenters. The fourth-order valence-electron chi connectivity index (χ4n) is 0.645. The molecule has 0 saturated carbocycles. The van der Waals surface area contributed by atoms with Crippen molar-refractivity contribution in [3.8, 4) is 5.88 Å². The molecule has 1 rings (SSSR count). The highest BCUT2D eigenvalue weighted by Gasteiger charge is 2.32. The lowest BCUT2D eigenvalue weighted by Gasteiger charge is -2.09. The van der Waals surface area contributed by atoms with Gasteiger partial charge in [-0.1, -0.05) is 11.6 Å². The number of ether oxygens (including phenoxy) is 1. The van der Waals surface area contributed by atoms with Crippen molar-refractivity contribution in [2.24, 2.45) is 0 Å². The predicted molar refractivity (Wildman–Crippen MR) is 48.0 cm³/mol. The Morgan fingerprint density at radius 1 is 1.50 bits per heavy atom. The van der Waals surface area contributed by atoms with Crippen LogP contribution in [0, 0.1) is 0 Å². The standard InChI is InChI=1S/C6H3BrClF3N2O/c7-5-4(12)2(8)1-3(13-5)14-6(9,10)11/h1H,12H2. The van der Waals surface area contributed by atoms with Crippen molar-refractivity contribution in [3.05, 3.63) is 15.7 Å². The molecule has 0 aliphatic carbocycles. The Morgan fingerprint density at radius 3 is 2.50 bits per heavy atom. The van der Waals surface area contributed by atoms with E-state index >= 15 is 0 Å². The maximum absolute atomic E-state index is 11.8. The lowest BCUT2D eigenvalue weighted by Crippen LogP contribution is -2.18. The molecule has 0 bridgehead atoms. The summed E-state index contributed by atoms with van der Waals surface area (Å²) in [5, 5.41) is -0.0638. The van der Waals surface area contributed by atoms with Crippen LogP contribution in [0.25, 0.3) is 0 Å². The topological polar surface area (TPSA) is 48.1 Å². The van der Waals surface area contributed by atoms with E-state index in [0.29, 0.717) is 0 Å². The van der Waals surface area contributed by atoms with Gasteiger partial charge in [-0.05, 0) is 15.9 Å². The second kappa shape index (κ2) is 3.82. The van der Waals surface area contributed by atoms with Gasteiger partial charge in [-0.15, -0.1) is 13.2 Å². The number of halogens is 5. The van der Waals surface area contributed by atoms with Crippen LogP contribution >= 0.6 is 27.5 Å². The van der Waals surface area contributed by atoms with Gasteiger partial charge in [0.15, 0.2) is 0 Å². The van der Waals surface area contributed by atoms with Crippen molar-refractivity contribution in [1.82, 2.24) is 4.98 Å². The maximum Gasteiger partial charge on any atom is 0.574 e. The minimum absolute atomic E-state index is 0.00394. The Kier molecular flexibility index (Phi) is 3.10. The summed E-state index contributed by atoms with van der Waals surface area (Å²) >= 11 is 8.34. The lowest BCUT2D eigenvalue weighted by atomic mass is 10.4. The van der Waals surface area contributed by atoms with Crippen LogP contribution in [-0.4, -0.2) is 11.3 Å². The van der Waals surface area contributed by atoms with Gasteiger partial charge < -0.3 is 10.5 Å². The minimum atomic E-state index is -4.80. The molecule has 2 N–H and O–H groups in total. The Hall–Kier alpha value is -0.690. The number of pyridine rings is 1. The van der Waals surface area contributed by atoms with Crippen molar-refractivity contribution < 1.29 is 17.9 Å². The molecule has 14 heavy (non-hydrogen) atoms. The van der Waals surface area contributed by atoms with Crippen molar-refractivity contribution in [2.75, 3.05) is 5.73 Å². The van der Waals surface area contributed by atoms with Crippen molar-refractivity contribution in [2.45, 2.75) is 6.36 Å². The number of anilines is 1. The second-order valence-electron chi connectivity index (χ2n) is 2.19. The minimum Gasteiger partial charge on any atom is -0.395 e. The van der Waals surface area contributed by atoms with E-state index in [4.69, 9.17) is 17.3 Å². The monoisotopic (exact) mass is 290 g/mol. The summed E-state index contributed by atoms with van der Waals surface area (Å²) in [6.07, 6.45) is -4.80. The summed E-state index contributed by atoms with van der Waals surface area (Å²) in [5.74, 6) is -0.663. The molecule has 0 saturated heterocycles. The molecule has 3 nitrogen and oxygen atoms in total. The number of nitrogens with two attached hydrogens (primary N) is 1. The molecule has 8 heteroatoms. The van der Waals surface area contributed by atoms with E-state index in [1.807, 2.05) is 0 Å². The smallest absolute Gasteiger partial charge is 0.395 e. The van der Waals surface area contributed by atoms with Gasteiger partial charge in [0.1, 0.15) is 4.60 Å².